The van der Waals surface area contributed by atoms with Crippen LogP contribution < -0.4 is 4.74 Å². The van der Waals surface area contributed by atoms with Gasteiger partial charge >= 0.3 is 0 Å². The number of ketones is 1. The lowest BCUT2D eigenvalue weighted by Crippen LogP contribution is -2.40. The van der Waals surface area contributed by atoms with Crippen molar-refractivity contribution >= 4 is 39.1 Å². The minimum Gasteiger partial charge on any atom is -0.488 e. The van der Waals surface area contributed by atoms with Crippen molar-refractivity contribution in [3.8, 4) is 16.9 Å². The van der Waals surface area contributed by atoms with Crippen molar-refractivity contribution in [2.75, 3.05) is 13.7 Å². The number of hydrogen-bond donors (Lipinski definition) is 0. The second kappa shape index (κ2) is 8.18. The van der Waals surface area contributed by atoms with E-state index in [4.69, 9.17) is 4.74 Å². The van der Waals surface area contributed by atoms with Crippen molar-refractivity contribution in [1.29, 1.82) is 0 Å². The van der Waals surface area contributed by atoms with Crippen molar-refractivity contribution in [1.82, 2.24) is 9.29 Å². The first-order chi connectivity index (χ1) is 16.2. The lowest BCUT2D eigenvalue weighted by atomic mass is 9.94. The van der Waals surface area contributed by atoms with Gasteiger partial charge in [0.1, 0.15) is 12.4 Å². The second-order valence-corrected chi connectivity index (χ2v) is 11.9. The number of rotatable bonds is 5. The van der Waals surface area contributed by atoms with Gasteiger partial charge in [-0.05, 0) is 55.2 Å². The van der Waals surface area contributed by atoms with E-state index in [1.165, 1.54) is 18.4 Å². The quantitative estimate of drug-likeness (QED) is 0.488. The molecule has 5 rings (SSSR count). The number of Topliss-reactive ketones (excluding diaryl/α,β-unsaturated/α-hetero) is 1. The summed E-state index contributed by atoms with van der Waals surface area (Å²) in [4.78, 5) is 30.4. The molecule has 34 heavy (non-hydrogen) atoms. The molecule has 0 radical (unpaired) electrons. The van der Waals surface area contributed by atoms with Gasteiger partial charge in [-0.15, -0.1) is 11.3 Å². The molecule has 0 saturated heterocycles. The fraction of sp³-hybridized carbons (Fsp3) is 0.240. The number of nitrogens with zero attached hydrogens (tertiary/aromatic N) is 2. The number of carbonyl (C=O) groups excluding carboxylic acids is 2. The van der Waals surface area contributed by atoms with Crippen molar-refractivity contribution < 1.29 is 22.7 Å². The molecular formula is C25H22N2O5S2. The zero-order valence-corrected chi connectivity index (χ0v) is 20.3. The first-order valence-electron chi connectivity index (χ1n) is 10.7. The van der Waals surface area contributed by atoms with E-state index in [1.54, 1.807) is 61.0 Å². The molecule has 0 N–H and O–H groups in total. The smallest absolute Gasteiger partial charge is 0.267 e. The molecule has 2 heterocycles. The van der Waals surface area contributed by atoms with Crippen LogP contribution in [0.4, 0.5) is 0 Å². The van der Waals surface area contributed by atoms with Gasteiger partial charge in [-0.3, -0.25) is 9.59 Å². The van der Waals surface area contributed by atoms with Crippen molar-refractivity contribution in [3.63, 3.8) is 0 Å². The molecule has 1 aliphatic heterocycles. The highest BCUT2D eigenvalue weighted by molar-refractivity contribution is 7.91. The maximum atomic E-state index is 13.2. The number of hydrogen-bond acceptors (Lipinski definition) is 7. The van der Waals surface area contributed by atoms with Crippen LogP contribution in [-0.4, -0.2) is 47.8 Å². The normalized spacial score (nSPS) is 17.7. The summed E-state index contributed by atoms with van der Waals surface area (Å²) in [6, 6.07) is 12.0. The van der Waals surface area contributed by atoms with Crippen molar-refractivity contribution in [2.24, 2.45) is 0 Å². The molecule has 1 saturated carbocycles. The predicted molar refractivity (Wildman–Crippen MR) is 130 cm³/mol. The van der Waals surface area contributed by atoms with Gasteiger partial charge in [-0.2, -0.15) is 0 Å². The van der Waals surface area contributed by atoms with E-state index in [0.717, 1.165) is 4.31 Å². The summed E-state index contributed by atoms with van der Waals surface area (Å²) in [5.41, 5.74) is 4.85. The fourth-order valence-electron chi connectivity index (χ4n) is 3.93. The number of aromatic nitrogens is 1. The highest BCUT2D eigenvalue weighted by Gasteiger charge is 2.53. The van der Waals surface area contributed by atoms with Crippen molar-refractivity contribution in [3.05, 3.63) is 75.7 Å². The topological polar surface area (TPSA) is 93.6 Å². The maximum Gasteiger partial charge on any atom is 0.267 e. The summed E-state index contributed by atoms with van der Waals surface area (Å²) in [5.74, 6) is -0.299. The molecule has 0 bridgehead atoms. The van der Waals surface area contributed by atoms with Gasteiger partial charge in [0.15, 0.2) is 5.78 Å². The Morgan fingerprint density at radius 3 is 2.65 bits per heavy atom. The van der Waals surface area contributed by atoms with Crippen LogP contribution in [0.2, 0.25) is 0 Å². The number of amides is 1. The Hall–Kier alpha value is -3.30. The summed E-state index contributed by atoms with van der Waals surface area (Å²) < 4.78 is 31.6. The second-order valence-electron chi connectivity index (χ2n) is 8.68. The maximum absolute atomic E-state index is 13.2. The average molecular weight is 495 g/mol. The van der Waals surface area contributed by atoms with E-state index in [-0.39, 0.29) is 18.0 Å². The number of fused-ring (bicyclic) bond motifs is 1. The number of benzene rings is 2. The van der Waals surface area contributed by atoms with Crippen LogP contribution >= 0.6 is 11.3 Å². The average Bonchev–Trinajstić information content (AvgIpc) is 3.40. The van der Waals surface area contributed by atoms with Crippen LogP contribution in [0, 0.1) is 0 Å². The molecule has 1 fully saturated rings. The predicted octanol–water partition coefficient (Wildman–Crippen LogP) is 4.42. The number of thiazole rings is 1. The SMILES string of the molecule is CN(C(=O)c1ccccc1-c1ccc2c(c1)OC/C(=C\c1cscn1)C2=O)S(=O)(=O)C1(C)CC1. The summed E-state index contributed by atoms with van der Waals surface area (Å²) in [6.07, 6.45) is 2.81. The largest absolute Gasteiger partial charge is 0.488 e. The Labute approximate surface area is 201 Å². The van der Waals surface area contributed by atoms with E-state index >= 15 is 0 Å². The molecule has 174 valence electrons. The summed E-state index contributed by atoms with van der Waals surface area (Å²) in [7, 11) is -2.45. The van der Waals surface area contributed by atoms with Crippen LogP contribution in [0.3, 0.4) is 0 Å². The molecule has 0 unspecified atom stereocenters. The standard InChI is InChI=1S/C25H22N2O5S2/c1-25(9-10-25)34(30,31)27(2)24(29)20-6-4-3-5-19(20)16-7-8-21-22(12-16)32-13-17(23(21)28)11-18-14-33-15-26-18/h3-8,11-12,14-15H,9-10,13H2,1-2H3/b17-11+. The van der Waals surface area contributed by atoms with Crippen LogP contribution in [0.15, 0.2) is 58.9 Å². The monoisotopic (exact) mass is 494 g/mol. The third kappa shape index (κ3) is 3.74. The molecule has 1 amide bonds. The van der Waals surface area contributed by atoms with Gasteiger partial charge in [0, 0.05) is 23.6 Å². The molecular weight excluding hydrogens is 472 g/mol. The highest BCUT2D eigenvalue weighted by atomic mass is 32.2. The van der Waals surface area contributed by atoms with Gasteiger partial charge < -0.3 is 4.74 Å². The van der Waals surface area contributed by atoms with Crippen LogP contribution in [0.5, 0.6) is 5.75 Å². The van der Waals surface area contributed by atoms with Crippen LogP contribution in [0.1, 0.15) is 46.2 Å². The minimum atomic E-state index is -3.76. The number of ether oxygens (including phenoxy) is 1. The molecule has 2 aromatic carbocycles. The Bertz CT molecular complexity index is 1440. The van der Waals surface area contributed by atoms with E-state index in [2.05, 4.69) is 4.98 Å². The van der Waals surface area contributed by atoms with Gasteiger partial charge in [0.25, 0.3) is 5.91 Å². The molecule has 2 aliphatic rings. The third-order valence-corrected chi connectivity index (χ3v) is 9.51. The Morgan fingerprint density at radius 1 is 1.18 bits per heavy atom. The Morgan fingerprint density at radius 2 is 1.94 bits per heavy atom. The molecule has 3 aromatic rings. The zero-order chi connectivity index (χ0) is 24.1. The number of sulfonamides is 1. The highest BCUT2D eigenvalue weighted by Crippen LogP contribution is 2.44. The zero-order valence-electron chi connectivity index (χ0n) is 18.6. The molecule has 0 atom stereocenters. The minimum absolute atomic E-state index is 0.118. The van der Waals surface area contributed by atoms with E-state index < -0.39 is 20.7 Å². The van der Waals surface area contributed by atoms with E-state index in [1.807, 2.05) is 5.38 Å². The first-order valence-corrected chi connectivity index (χ1v) is 13.1. The number of carbonyl (C=O) groups is 2. The molecule has 0 spiro atoms. The summed E-state index contributed by atoms with van der Waals surface area (Å²) in [6.45, 7) is 1.78. The van der Waals surface area contributed by atoms with Crippen molar-refractivity contribution in [2.45, 2.75) is 24.5 Å². The van der Waals surface area contributed by atoms with Crippen LogP contribution in [-0.2, 0) is 10.0 Å². The third-order valence-electron chi connectivity index (χ3n) is 6.37. The lowest BCUT2D eigenvalue weighted by molar-refractivity contribution is 0.0881. The van der Waals surface area contributed by atoms with Gasteiger partial charge in [0.05, 0.1) is 21.5 Å². The fourth-order valence-corrected chi connectivity index (χ4v) is 6.04. The van der Waals surface area contributed by atoms with Gasteiger partial charge in [-0.1, -0.05) is 24.3 Å². The van der Waals surface area contributed by atoms with Crippen LogP contribution in [0.25, 0.3) is 17.2 Å². The molecule has 1 aromatic heterocycles. The van der Waals surface area contributed by atoms with E-state index in [9.17, 15) is 18.0 Å². The molecule has 7 nitrogen and oxygen atoms in total. The summed E-state index contributed by atoms with van der Waals surface area (Å²) >= 11 is 1.45. The first kappa shape index (κ1) is 22.5. The molecule has 9 heteroatoms. The lowest BCUT2D eigenvalue weighted by Gasteiger charge is -2.23. The van der Waals surface area contributed by atoms with Gasteiger partial charge in [0.2, 0.25) is 10.0 Å². The summed E-state index contributed by atoms with van der Waals surface area (Å²) in [5, 5.41) is 1.85. The van der Waals surface area contributed by atoms with Gasteiger partial charge in [-0.25, -0.2) is 17.7 Å². The van der Waals surface area contributed by atoms with E-state index in [0.29, 0.717) is 46.5 Å². The Kier molecular flexibility index (Phi) is 5.41. The molecule has 1 aliphatic carbocycles. The Balaban J connectivity index is 1.48.